The molecular formula is C17H18O4S. The van der Waals surface area contributed by atoms with E-state index in [0.717, 1.165) is 11.1 Å². The number of carbonyl (C=O) groups is 1. The second-order valence-electron chi connectivity index (χ2n) is 5.24. The molecule has 116 valence electrons. The molecule has 0 heterocycles. The van der Waals surface area contributed by atoms with Gasteiger partial charge in [0.1, 0.15) is 6.10 Å². The van der Waals surface area contributed by atoms with Crippen LogP contribution in [-0.2, 0) is 14.3 Å². The van der Waals surface area contributed by atoms with Crippen LogP contribution in [0.2, 0.25) is 0 Å². The number of carbonyl (C=O) groups excluding carboxylic acids is 1. The van der Waals surface area contributed by atoms with Gasteiger partial charge in [-0.2, -0.15) is 8.42 Å². The van der Waals surface area contributed by atoms with Gasteiger partial charge in [-0.3, -0.25) is 8.98 Å². The maximum atomic E-state index is 12.2. The Bertz CT molecular complexity index is 759. The smallest absolute Gasteiger partial charge is 0.291 e. The second-order valence-corrected chi connectivity index (χ2v) is 6.81. The van der Waals surface area contributed by atoms with Gasteiger partial charge in [0.2, 0.25) is 0 Å². The number of hydrogen-bond donors (Lipinski definition) is 0. The van der Waals surface area contributed by atoms with E-state index < -0.39 is 16.2 Å². The van der Waals surface area contributed by atoms with E-state index in [1.807, 2.05) is 13.8 Å². The molecular weight excluding hydrogens is 300 g/mol. The van der Waals surface area contributed by atoms with Gasteiger partial charge in [-0.15, -0.1) is 0 Å². The van der Waals surface area contributed by atoms with E-state index >= 15 is 0 Å². The summed E-state index contributed by atoms with van der Waals surface area (Å²) in [6.07, 6.45) is -1.07. The molecule has 0 aliphatic carbocycles. The fourth-order valence-corrected chi connectivity index (χ4v) is 2.99. The average molecular weight is 318 g/mol. The predicted molar refractivity (Wildman–Crippen MR) is 84.4 cm³/mol. The summed E-state index contributed by atoms with van der Waals surface area (Å²) < 4.78 is 29.4. The third-order valence-electron chi connectivity index (χ3n) is 3.29. The van der Waals surface area contributed by atoms with Gasteiger partial charge in [-0.1, -0.05) is 47.5 Å². The van der Waals surface area contributed by atoms with Crippen molar-refractivity contribution in [2.45, 2.75) is 31.8 Å². The summed E-state index contributed by atoms with van der Waals surface area (Å²) in [5, 5.41) is 0. The lowest BCUT2D eigenvalue weighted by atomic mass is 10.1. The minimum atomic E-state index is -3.96. The molecule has 0 aliphatic rings. The van der Waals surface area contributed by atoms with Crippen molar-refractivity contribution in [3.63, 3.8) is 0 Å². The first-order chi connectivity index (χ1) is 10.3. The molecule has 22 heavy (non-hydrogen) atoms. The normalized spacial score (nSPS) is 12.9. The van der Waals surface area contributed by atoms with E-state index in [0.29, 0.717) is 5.56 Å². The average Bonchev–Trinajstić information content (AvgIpc) is 2.47. The molecule has 0 N–H and O–H groups in total. The quantitative estimate of drug-likeness (QED) is 0.627. The molecule has 0 aromatic heterocycles. The summed E-state index contributed by atoms with van der Waals surface area (Å²) in [5.41, 5.74) is 2.40. The Morgan fingerprint density at radius 2 is 1.36 bits per heavy atom. The first kappa shape index (κ1) is 16.4. The van der Waals surface area contributed by atoms with Crippen LogP contribution in [0.25, 0.3) is 0 Å². The van der Waals surface area contributed by atoms with Crippen molar-refractivity contribution in [2.24, 2.45) is 0 Å². The van der Waals surface area contributed by atoms with Gasteiger partial charge in [0, 0.05) is 5.56 Å². The Hall–Kier alpha value is -1.98. The van der Waals surface area contributed by atoms with Crippen LogP contribution in [0.1, 0.15) is 28.4 Å². The zero-order valence-electron chi connectivity index (χ0n) is 12.7. The van der Waals surface area contributed by atoms with E-state index in [-0.39, 0.29) is 10.7 Å². The van der Waals surface area contributed by atoms with Crippen LogP contribution in [0.5, 0.6) is 0 Å². The minimum Gasteiger partial charge on any atom is -0.291 e. The molecule has 2 aromatic carbocycles. The largest absolute Gasteiger partial charge is 0.297 e. The summed E-state index contributed by atoms with van der Waals surface area (Å²) in [4.78, 5) is 12.3. The standard InChI is InChI=1S/C17H18O4S/c1-12-4-8-15(9-5-12)17(18)14(3)21-22(19,20)16-10-6-13(2)7-11-16/h4-11,14H,1-3H3/t14-/m1/s1. The molecule has 0 amide bonds. The SMILES string of the molecule is Cc1ccc(C(=O)[C@@H](C)OS(=O)(=O)c2ccc(C)cc2)cc1. The molecule has 0 radical (unpaired) electrons. The summed E-state index contributed by atoms with van der Waals surface area (Å²) in [6, 6.07) is 13.2. The van der Waals surface area contributed by atoms with Crippen molar-refractivity contribution in [3.05, 3.63) is 65.2 Å². The summed E-state index contributed by atoms with van der Waals surface area (Å²) in [7, 11) is -3.96. The van der Waals surface area contributed by atoms with Crippen molar-refractivity contribution in [1.82, 2.24) is 0 Å². The lowest BCUT2D eigenvalue weighted by molar-refractivity contribution is 0.0826. The highest BCUT2D eigenvalue weighted by Gasteiger charge is 2.24. The molecule has 0 aliphatic heterocycles. The molecule has 5 heteroatoms. The van der Waals surface area contributed by atoms with E-state index in [2.05, 4.69) is 0 Å². The van der Waals surface area contributed by atoms with E-state index in [4.69, 9.17) is 4.18 Å². The first-order valence-electron chi connectivity index (χ1n) is 6.90. The van der Waals surface area contributed by atoms with Gasteiger partial charge in [0.05, 0.1) is 4.90 Å². The molecule has 0 saturated heterocycles. The third-order valence-corrected chi connectivity index (χ3v) is 4.68. The monoisotopic (exact) mass is 318 g/mol. The van der Waals surface area contributed by atoms with Crippen LogP contribution in [0.15, 0.2) is 53.4 Å². The number of ketones is 1. The van der Waals surface area contributed by atoms with Crippen molar-refractivity contribution < 1.29 is 17.4 Å². The molecule has 0 spiro atoms. The Labute approximate surface area is 130 Å². The summed E-state index contributed by atoms with van der Waals surface area (Å²) in [5.74, 6) is -0.365. The molecule has 0 bridgehead atoms. The summed E-state index contributed by atoms with van der Waals surface area (Å²) in [6.45, 7) is 5.21. The Kier molecular flexibility index (Phi) is 4.78. The number of hydrogen-bond acceptors (Lipinski definition) is 4. The lowest BCUT2D eigenvalue weighted by Crippen LogP contribution is -2.24. The molecule has 0 unspecified atom stereocenters. The van der Waals surface area contributed by atoms with Gasteiger partial charge in [0.25, 0.3) is 10.1 Å². The van der Waals surface area contributed by atoms with E-state index in [1.54, 1.807) is 36.4 Å². The van der Waals surface area contributed by atoms with Crippen molar-refractivity contribution in [3.8, 4) is 0 Å². The van der Waals surface area contributed by atoms with Gasteiger partial charge >= 0.3 is 0 Å². The van der Waals surface area contributed by atoms with Crippen LogP contribution in [0.3, 0.4) is 0 Å². The predicted octanol–water partition coefficient (Wildman–Crippen LogP) is 3.28. The Balaban J connectivity index is 2.16. The van der Waals surface area contributed by atoms with E-state index in [9.17, 15) is 13.2 Å². The zero-order valence-corrected chi connectivity index (χ0v) is 13.6. The van der Waals surface area contributed by atoms with Crippen molar-refractivity contribution >= 4 is 15.9 Å². The Morgan fingerprint density at radius 1 is 0.909 bits per heavy atom. The highest BCUT2D eigenvalue weighted by atomic mass is 32.2. The van der Waals surface area contributed by atoms with Gasteiger partial charge in [-0.05, 0) is 32.9 Å². The lowest BCUT2D eigenvalue weighted by Gasteiger charge is -2.12. The van der Waals surface area contributed by atoms with Crippen LogP contribution in [0, 0.1) is 13.8 Å². The van der Waals surface area contributed by atoms with Crippen LogP contribution >= 0.6 is 0 Å². The number of rotatable bonds is 5. The highest BCUT2D eigenvalue weighted by Crippen LogP contribution is 2.17. The maximum Gasteiger partial charge on any atom is 0.297 e. The molecule has 4 nitrogen and oxygen atoms in total. The van der Waals surface area contributed by atoms with Gasteiger partial charge in [-0.25, -0.2) is 0 Å². The van der Waals surface area contributed by atoms with Crippen LogP contribution in [-0.4, -0.2) is 20.3 Å². The third kappa shape index (κ3) is 3.81. The first-order valence-corrected chi connectivity index (χ1v) is 8.31. The zero-order chi connectivity index (χ0) is 16.3. The number of Topliss-reactive ketones (excluding diaryl/α,β-unsaturated/α-hetero) is 1. The maximum absolute atomic E-state index is 12.2. The fraction of sp³-hybridized carbons (Fsp3) is 0.235. The van der Waals surface area contributed by atoms with Gasteiger partial charge in [0.15, 0.2) is 5.78 Å². The van der Waals surface area contributed by atoms with Gasteiger partial charge < -0.3 is 0 Å². The molecule has 0 saturated carbocycles. The number of benzene rings is 2. The molecule has 0 fully saturated rings. The van der Waals surface area contributed by atoms with Crippen molar-refractivity contribution in [1.29, 1.82) is 0 Å². The van der Waals surface area contributed by atoms with Crippen LogP contribution < -0.4 is 0 Å². The molecule has 2 aromatic rings. The van der Waals surface area contributed by atoms with E-state index in [1.165, 1.54) is 19.1 Å². The van der Waals surface area contributed by atoms with Crippen molar-refractivity contribution in [2.75, 3.05) is 0 Å². The highest BCUT2D eigenvalue weighted by molar-refractivity contribution is 7.86. The minimum absolute atomic E-state index is 0.0432. The molecule has 2 rings (SSSR count). The summed E-state index contributed by atoms with van der Waals surface area (Å²) >= 11 is 0. The van der Waals surface area contributed by atoms with Crippen LogP contribution in [0.4, 0.5) is 0 Å². The Morgan fingerprint density at radius 3 is 1.86 bits per heavy atom. The number of aryl methyl sites for hydroxylation is 2. The second kappa shape index (κ2) is 6.42. The fourth-order valence-electron chi connectivity index (χ4n) is 1.95. The topological polar surface area (TPSA) is 60.4 Å². The molecule has 1 atom stereocenters.